The van der Waals surface area contributed by atoms with E-state index >= 15 is 0 Å². The third-order valence-corrected chi connectivity index (χ3v) is 4.78. The van der Waals surface area contributed by atoms with E-state index in [1.807, 2.05) is 17.5 Å². The Morgan fingerprint density at radius 3 is 2.52 bits per heavy atom. The second-order valence-corrected chi connectivity index (χ2v) is 7.18. The minimum absolute atomic E-state index is 0.128. The summed E-state index contributed by atoms with van der Waals surface area (Å²) in [6.45, 7) is 0.553. The van der Waals surface area contributed by atoms with E-state index in [0.717, 1.165) is 6.42 Å². The molecule has 0 spiro atoms. The van der Waals surface area contributed by atoms with Crippen molar-refractivity contribution in [3.05, 3.63) is 57.2 Å². The van der Waals surface area contributed by atoms with Gasteiger partial charge in [-0.3, -0.25) is 14.4 Å². The molecule has 2 amide bonds. The molecule has 1 aromatic carbocycles. The van der Waals surface area contributed by atoms with Gasteiger partial charge in [-0.25, -0.2) is 0 Å². The Hall–Kier alpha value is -2.38. The van der Waals surface area contributed by atoms with Gasteiger partial charge in [0, 0.05) is 35.0 Å². The number of halogens is 1. The number of hydrogen-bond donors (Lipinski definition) is 2. The topological polar surface area (TPSA) is 84.5 Å². The second kappa shape index (κ2) is 11.4. The van der Waals surface area contributed by atoms with Gasteiger partial charge in [-0.2, -0.15) is 0 Å². The molecule has 0 aliphatic heterocycles. The summed E-state index contributed by atoms with van der Waals surface area (Å²) in [6.07, 6.45) is 1.31. The van der Waals surface area contributed by atoms with Crippen molar-refractivity contribution in [1.82, 2.24) is 10.6 Å². The fourth-order valence-electron chi connectivity index (χ4n) is 2.19. The summed E-state index contributed by atoms with van der Waals surface area (Å²) < 4.78 is 4.92. The van der Waals surface area contributed by atoms with Crippen LogP contribution in [0.15, 0.2) is 41.8 Å². The third-order valence-electron chi connectivity index (χ3n) is 3.59. The molecule has 0 bridgehead atoms. The van der Waals surface area contributed by atoms with Crippen LogP contribution in [0.4, 0.5) is 0 Å². The number of nitrogens with one attached hydrogen (secondary N) is 2. The van der Waals surface area contributed by atoms with Crippen LogP contribution in [0.2, 0.25) is 5.02 Å². The Kier molecular flexibility index (Phi) is 8.80. The molecule has 2 rings (SSSR count). The Balaban J connectivity index is 1.52. The first-order valence-electron chi connectivity index (χ1n) is 8.53. The van der Waals surface area contributed by atoms with E-state index in [1.165, 1.54) is 4.88 Å². The van der Waals surface area contributed by atoms with Crippen LogP contribution in [-0.4, -0.2) is 37.5 Å². The number of carbonyl (C=O) groups excluding carboxylic acids is 3. The second-order valence-electron chi connectivity index (χ2n) is 5.71. The monoisotopic (exact) mass is 408 g/mol. The molecule has 0 atom stereocenters. The van der Waals surface area contributed by atoms with Gasteiger partial charge in [0.25, 0.3) is 11.8 Å². The van der Waals surface area contributed by atoms with Gasteiger partial charge in [-0.15, -0.1) is 11.3 Å². The predicted molar refractivity (Wildman–Crippen MR) is 105 cm³/mol. The molecular formula is C19H21ClN2O4S. The lowest BCUT2D eigenvalue weighted by Gasteiger charge is -2.07. The Morgan fingerprint density at radius 2 is 1.81 bits per heavy atom. The number of benzene rings is 1. The third kappa shape index (κ3) is 8.23. The molecule has 6 nitrogen and oxygen atoms in total. The van der Waals surface area contributed by atoms with Crippen LogP contribution in [-0.2, 0) is 20.7 Å². The molecule has 1 heterocycles. The van der Waals surface area contributed by atoms with Crippen LogP contribution in [0, 0.1) is 0 Å². The fraction of sp³-hybridized carbons (Fsp3) is 0.316. The van der Waals surface area contributed by atoms with Crippen molar-refractivity contribution in [1.29, 1.82) is 0 Å². The molecule has 0 aliphatic rings. The highest BCUT2D eigenvalue weighted by atomic mass is 35.5. The molecule has 0 radical (unpaired) electrons. The molecule has 0 aliphatic carbocycles. The average Bonchev–Trinajstić information content (AvgIpc) is 3.17. The van der Waals surface area contributed by atoms with Gasteiger partial charge >= 0.3 is 5.97 Å². The number of thiophene rings is 1. The smallest absolute Gasteiger partial charge is 0.306 e. The number of hydrogen-bond acceptors (Lipinski definition) is 5. The number of esters is 1. The summed E-state index contributed by atoms with van der Waals surface area (Å²) >= 11 is 7.40. The summed E-state index contributed by atoms with van der Waals surface area (Å²) in [5.41, 5.74) is 0.501. The molecule has 0 saturated heterocycles. The first-order valence-corrected chi connectivity index (χ1v) is 9.79. The van der Waals surface area contributed by atoms with Gasteiger partial charge in [0.15, 0.2) is 6.61 Å². The molecule has 2 aromatic rings. The molecule has 0 unspecified atom stereocenters. The van der Waals surface area contributed by atoms with E-state index in [1.54, 1.807) is 35.6 Å². The first kappa shape index (κ1) is 20.9. The van der Waals surface area contributed by atoms with Gasteiger partial charge in [-0.1, -0.05) is 17.7 Å². The van der Waals surface area contributed by atoms with Gasteiger partial charge in [0.05, 0.1) is 0 Å². The van der Waals surface area contributed by atoms with Gasteiger partial charge < -0.3 is 15.4 Å². The van der Waals surface area contributed by atoms with E-state index in [0.29, 0.717) is 30.1 Å². The molecule has 0 saturated carbocycles. The van der Waals surface area contributed by atoms with Gasteiger partial charge in [-0.05, 0) is 48.6 Å². The number of rotatable bonds is 10. The maximum absolute atomic E-state index is 11.9. The maximum Gasteiger partial charge on any atom is 0.306 e. The zero-order chi connectivity index (χ0) is 19.5. The highest BCUT2D eigenvalue weighted by molar-refractivity contribution is 7.09. The summed E-state index contributed by atoms with van der Waals surface area (Å²) in [5, 5.41) is 7.96. The van der Waals surface area contributed by atoms with Crippen molar-refractivity contribution in [2.75, 3.05) is 19.7 Å². The van der Waals surface area contributed by atoms with Gasteiger partial charge in [0.1, 0.15) is 0 Å². The van der Waals surface area contributed by atoms with Crippen molar-refractivity contribution < 1.29 is 19.1 Å². The van der Waals surface area contributed by atoms with Gasteiger partial charge in [0.2, 0.25) is 0 Å². The van der Waals surface area contributed by atoms with Crippen molar-refractivity contribution in [3.63, 3.8) is 0 Å². The van der Waals surface area contributed by atoms with Crippen molar-refractivity contribution in [2.24, 2.45) is 0 Å². The highest BCUT2D eigenvalue weighted by Gasteiger charge is 2.09. The predicted octanol–water partition coefficient (Wildman–Crippen LogP) is 2.81. The number of ether oxygens (including phenoxy) is 1. The van der Waals surface area contributed by atoms with Crippen LogP contribution >= 0.6 is 22.9 Å². The minimum Gasteiger partial charge on any atom is -0.456 e. The molecule has 144 valence electrons. The largest absolute Gasteiger partial charge is 0.456 e. The lowest BCUT2D eigenvalue weighted by atomic mass is 10.2. The van der Waals surface area contributed by atoms with Crippen LogP contribution < -0.4 is 10.6 Å². The van der Waals surface area contributed by atoms with Crippen molar-refractivity contribution in [2.45, 2.75) is 19.3 Å². The number of carbonyl (C=O) groups is 3. The maximum atomic E-state index is 11.9. The van der Waals surface area contributed by atoms with Crippen LogP contribution in [0.3, 0.4) is 0 Å². The lowest BCUT2D eigenvalue weighted by molar-refractivity contribution is -0.148. The molecule has 1 aromatic heterocycles. The van der Waals surface area contributed by atoms with Crippen LogP contribution in [0.1, 0.15) is 28.1 Å². The van der Waals surface area contributed by atoms with E-state index in [9.17, 15) is 14.4 Å². The molecular weight excluding hydrogens is 388 g/mol. The normalized spacial score (nSPS) is 10.3. The lowest BCUT2D eigenvalue weighted by Crippen LogP contribution is -2.30. The quantitative estimate of drug-likeness (QED) is 0.467. The zero-order valence-corrected chi connectivity index (χ0v) is 16.3. The minimum atomic E-state index is -0.468. The summed E-state index contributed by atoms with van der Waals surface area (Å²) in [4.78, 5) is 36.3. The Morgan fingerprint density at radius 1 is 1.04 bits per heavy atom. The van der Waals surface area contributed by atoms with E-state index in [-0.39, 0.29) is 24.8 Å². The van der Waals surface area contributed by atoms with E-state index in [4.69, 9.17) is 16.3 Å². The van der Waals surface area contributed by atoms with Crippen molar-refractivity contribution in [3.8, 4) is 0 Å². The molecule has 27 heavy (non-hydrogen) atoms. The molecule has 0 fully saturated rings. The highest BCUT2D eigenvalue weighted by Crippen LogP contribution is 2.09. The Bertz CT molecular complexity index is 748. The zero-order valence-electron chi connectivity index (χ0n) is 14.7. The summed E-state index contributed by atoms with van der Waals surface area (Å²) in [7, 11) is 0. The SMILES string of the molecule is O=C(COC(=O)CCCNC(=O)c1ccc(Cl)cc1)NCCc1cccs1. The number of amides is 2. The molecule has 2 N–H and O–H groups in total. The van der Waals surface area contributed by atoms with E-state index in [2.05, 4.69) is 10.6 Å². The Labute approximate surface area is 166 Å². The standard InChI is InChI=1S/C19H21ClN2O4S/c20-15-7-5-14(6-8-15)19(25)22-10-1-4-18(24)26-13-17(23)21-11-9-16-3-2-12-27-16/h2-3,5-8,12H,1,4,9-11,13H2,(H,21,23)(H,22,25). The molecule has 8 heteroatoms. The summed E-state index contributed by atoms with van der Waals surface area (Å²) in [5.74, 6) is -1.02. The van der Waals surface area contributed by atoms with Crippen LogP contribution in [0.25, 0.3) is 0 Å². The summed E-state index contributed by atoms with van der Waals surface area (Å²) in [6, 6.07) is 10.5. The van der Waals surface area contributed by atoms with E-state index < -0.39 is 5.97 Å². The van der Waals surface area contributed by atoms with Crippen molar-refractivity contribution >= 4 is 40.7 Å². The average molecular weight is 409 g/mol. The fourth-order valence-corrected chi connectivity index (χ4v) is 3.02. The first-order chi connectivity index (χ1) is 13.0. The van der Waals surface area contributed by atoms with Crippen LogP contribution in [0.5, 0.6) is 0 Å².